The molecule has 1 aliphatic carbocycles. The summed E-state index contributed by atoms with van der Waals surface area (Å²) in [6, 6.07) is 0. The lowest BCUT2D eigenvalue weighted by Crippen LogP contribution is -2.27. The summed E-state index contributed by atoms with van der Waals surface area (Å²) < 4.78 is 0. The van der Waals surface area contributed by atoms with Crippen molar-refractivity contribution in [2.24, 2.45) is 5.92 Å². The monoisotopic (exact) mass is 169 g/mol. The molecule has 72 valence electrons. The van der Waals surface area contributed by atoms with Gasteiger partial charge in [0, 0.05) is 6.54 Å². The molecule has 1 saturated carbocycles. The minimum absolute atomic E-state index is 1.01. The molecule has 0 saturated heterocycles. The minimum Gasteiger partial charge on any atom is -0.306 e. The highest BCUT2D eigenvalue weighted by Gasteiger charge is 2.14. The fourth-order valence-electron chi connectivity index (χ4n) is 2.28. The van der Waals surface area contributed by atoms with E-state index in [1.165, 1.54) is 51.6 Å². The zero-order valence-electron chi connectivity index (χ0n) is 8.68. The van der Waals surface area contributed by atoms with Gasteiger partial charge in [0.15, 0.2) is 0 Å². The smallest absolute Gasteiger partial charge is 0.000660 e. The summed E-state index contributed by atoms with van der Waals surface area (Å²) in [5.41, 5.74) is 0. The molecule has 1 fully saturated rings. The first-order valence-corrected chi connectivity index (χ1v) is 5.51. The van der Waals surface area contributed by atoms with Crippen LogP contribution in [0.2, 0.25) is 0 Å². The van der Waals surface area contributed by atoms with Crippen LogP contribution in [0.4, 0.5) is 0 Å². The Labute approximate surface area is 77.1 Å². The Morgan fingerprint density at radius 2 is 1.83 bits per heavy atom. The Kier molecular flexibility index (Phi) is 4.67. The number of nitrogens with zero attached hydrogens (tertiary/aromatic N) is 1. The van der Waals surface area contributed by atoms with Crippen molar-refractivity contribution in [2.45, 2.75) is 45.4 Å². The van der Waals surface area contributed by atoms with Crippen LogP contribution in [0.15, 0.2) is 0 Å². The zero-order valence-corrected chi connectivity index (χ0v) is 8.68. The van der Waals surface area contributed by atoms with E-state index in [2.05, 4.69) is 18.9 Å². The maximum Gasteiger partial charge on any atom is 0.000660 e. The van der Waals surface area contributed by atoms with E-state index in [0.717, 1.165) is 5.92 Å². The summed E-state index contributed by atoms with van der Waals surface area (Å²) in [7, 11) is 2.26. The van der Waals surface area contributed by atoms with Crippen LogP contribution in [0.1, 0.15) is 45.4 Å². The van der Waals surface area contributed by atoms with Gasteiger partial charge in [-0.05, 0) is 38.8 Å². The van der Waals surface area contributed by atoms with E-state index in [4.69, 9.17) is 0 Å². The Morgan fingerprint density at radius 3 is 2.42 bits per heavy atom. The van der Waals surface area contributed by atoms with Crippen molar-refractivity contribution in [1.82, 2.24) is 4.90 Å². The lowest BCUT2D eigenvalue weighted by molar-refractivity contribution is 0.234. The summed E-state index contributed by atoms with van der Waals surface area (Å²) in [5.74, 6) is 1.01. The van der Waals surface area contributed by atoms with Gasteiger partial charge in [-0.15, -0.1) is 0 Å². The molecule has 0 aliphatic heterocycles. The van der Waals surface area contributed by atoms with Crippen LogP contribution in [0.3, 0.4) is 0 Å². The second kappa shape index (κ2) is 5.58. The van der Waals surface area contributed by atoms with E-state index in [0.29, 0.717) is 0 Å². The Hall–Kier alpha value is -0.0400. The molecule has 1 aliphatic rings. The third kappa shape index (κ3) is 3.57. The van der Waals surface area contributed by atoms with E-state index >= 15 is 0 Å². The van der Waals surface area contributed by atoms with Crippen molar-refractivity contribution in [3.63, 3.8) is 0 Å². The van der Waals surface area contributed by atoms with Crippen LogP contribution < -0.4 is 0 Å². The molecular weight excluding hydrogens is 146 g/mol. The van der Waals surface area contributed by atoms with Crippen LogP contribution in [-0.2, 0) is 0 Å². The normalized spacial score (nSPS) is 20.2. The van der Waals surface area contributed by atoms with Gasteiger partial charge < -0.3 is 4.90 Å². The first-order valence-electron chi connectivity index (χ1n) is 5.51. The molecule has 0 N–H and O–H groups in total. The van der Waals surface area contributed by atoms with Gasteiger partial charge in [0.25, 0.3) is 0 Å². The van der Waals surface area contributed by atoms with Gasteiger partial charge in [-0.3, -0.25) is 0 Å². The quantitative estimate of drug-likeness (QED) is 0.625. The molecule has 0 radical (unpaired) electrons. The van der Waals surface area contributed by atoms with Crippen molar-refractivity contribution in [1.29, 1.82) is 0 Å². The van der Waals surface area contributed by atoms with Crippen LogP contribution >= 0.6 is 0 Å². The average molecular weight is 169 g/mol. The predicted molar refractivity (Wildman–Crippen MR) is 54.4 cm³/mol. The largest absolute Gasteiger partial charge is 0.306 e. The molecule has 0 bridgehead atoms. The Morgan fingerprint density at radius 1 is 1.17 bits per heavy atom. The molecule has 0 aromatic rings. The lowest BCUT2D eigenvalue weighted by Gasteiger charge is -2.26. The molecule has 1 nitrogen and oxygen atoms in total. The number of hydrogen-bond donors (Lipinski definition) is 0. The molecule has 1 heteroatoms. The molecule has 0 amide bonds. The average Bonchev–Trinajstić information content (AvgIpc) is 2.06. The van der Waals surface area contributed by atoms with Crippen molar-refractivity contribution < 1.29 is 0 Å². The standard InChI is InChI=1S/C11H23N/c1-3-9-12(2)10-11-7-5-4-6-8-11/h11H,3-10H2,1-2H3. The number of hydrogen-bond acceptors (Lipinski definition) is 1. The van der Waals surface area contributed by atoms with Gasteiger partial charge in [-0.1, -0.05) is 26.2 Å². The molecule has 0 aromatic carbocycles. The molecular formula is C11H23N. The van der Waals surface area contributed by atoms with Crippen LogP contribution in [0, 0.1) is 5.92 Å². The molecule has 0 spiro atoms. The Bertz CT molecular complexity index is 106. The van der Waals surface area contributed by atoms with Crippen LogP contribution in [-0.4, -0.2) is 25.0 Å². The van der Waals surface area contributed by atoms with Crippen molar-refractivity contribution >= 4 is 0 Å². The molecule has 0 aromatic heterocycles. The van der Waals surface area contributed by atoms with Gasteiger partial charge in [-0.25, -0.2) is 0 Å². The fraction of sp³-hybridized carbons (Fsp3) is 1.00. The summed E-state index contributed by atoms with van der Waals surface area (Å²) in [6.45, 7) is 4.88. The van der Waals surface area contributed by atoms with Crippen LogP contribution in [0.5, 0.6) is 0 Å². The van der Waals surface area contributed by atoms with Gasteiger partial charge in [0.1, 0.15) is 0 Å². The highest BCUT2D eigenvalue weighted by molar-refractivity contribution is 4.68. The van der Waals surface area contributed by atoms with Crippen molar-refractivity contribution in [3.8, 4) is 0 Å². The van der Waals surface area contributed by atoms with E-state index in [1.54, 1.807) is 0 Å². The van der Waals surface area contributed by atoms with Gasteiger partial charge in [0.05, 0.1) is 0 Å². The van der Waals surface area contributed by atoms with E-state index in [1.807, 2.05) is 0 Å². The third-order valence-corrected chi connectivity index (χ3v) is 2.90. The summed E-state index contributed by atoms with van der Waals surface area (Å²) in [4.78, 5) is 2.50. The first-order chi connectivity index (χ1) is 5.83. The Balaban J connectivity index is 2.11. The van der Waals surface area contributed by atoms with Gasteiger partial charge >= 0.3 is 0 Å². The maximum absolute atomic E-state index is 2.50. The van der Waals surface area contributed by atoms with Crippen molar-refractivity contribution in [2.75, 3.05) is 20.1 Å². The topological polar surface area (TPSA) is 3.24 Å². The summed E-state index contributed by atoms with van der Waals surface area (Å²) in [6.07, 6.45) is 8.69. The van der Waals surface area contributed by atoms with Crippen molar-refractivity contribution in [3.05, 3.63) is 0 Å². The predicted octanol–water partition coefficient (Wildman–Crippen LogP) is 2.91. The molecule has 1 rings (SSSR count). The van der Waals surface area contributed by atoms with E-state index < -0.39 is 0 Å². The second-order valence-corrected chi connectivity index (χ2v) is 4.27. The first kappa shape index (κ1) is 10.0. The molecule has 0 heterocycles. The minimum atomic E-state index is 1.01. The maximum atomic E-state index is 2.50. The highest BCUT2D eigenvalue weighted by atomic mass is 15.1. The number of rotatable bonds is 4. The molecule has 0 unspecified atom stereocenters. The SMILES string of the molecule is CCCN(C)CC1CCCCC1. The van der Waals surface area contributed by atoms with E-state index in [-0.39, 0.29) is 0 Å². The highest BCUT2D eigenvalue weighted by Crippen LogP contribution is 2.23. The second-order valence-electron chi connectivity index (χ2n) is 4.27. The van der Waals surface area contributed by atoms with Gasteiger partial charge in [0.2, 0.25) is 0 Å². The summed E-state index contributed by atoms with van der Waals surface area (Å²) in [5, 5.41) is 0. The zero-order chi connectivity index (χ0) is 8.81. The third-order valence-electron chi connectivity index (χ3n) is 2.90. The summed E-state index contributed by atoms with van der Waals surface area (Å²) >= 11 is 0. The molecule has 0 atom stereocenters. The van der Waals surface area contributed by atoms with Crippen LogP contribution in [0.25, 0.3) is 0 Å². The lowest BCUT2D eigenvalue weighted by atomic mass is 9.89. The molecule has 12 heavy (non-hydrogen) atoms. The van der Waals surface area contributed by atoms with E-state index in [9.17, 15) is 0 Å². The van der Waals surface area contributed by atoms with Gasteiger partial charge in [-0.2, -0.15) is 0 Å². The fourth-order valence-corrected chi connectivity index (χ4v) is 2.28.